The molecule has 2 aromatic heterocycles. The van der Waals surface area contributed by atoms with Crippen molar-refractivity contribution in [1.29, 1.82) is 0 Å². The number of benzene rings is 3. The highest BCUT2D eigenvalue weighted by molar-refractivity contribution is 6.13. The van der Waals surface area contributed by atoms with Gasteiger partial charge in [-0.15, -0.1) is 0 Å². The van der Waals surface area contributed by atoms with Crippen molar-refractivity contribution in [2.45, 2.75) is 33.1 Å². The first-order valence-electron chi connectivity index (χ1n) is 10.3. The molecule has 5 rings (SSSR count). The van der Waals surface area contributed by atoms with E-state index >= 15 is 0 Å². The third kappa shape index (κ3) is 2.66. The maximum atomic E-state index is 2.44. The molecule has 0 spiro atoms. The van der Waals surface area contributed by atoms with Gasteiger partial charge in [0.05, 0.1) is 12.4 Å². The second-order valence-corrected chi connectivity index (χ2v) is 9.13. The third-order valence-corrected chi connectivity index (χ3v) is 6.06. The van der Waals surface area contributed by atoms with E-state index in [0.717, 1.165) is 0 Å². The highest BCUT2D eigenvalue weighted by Crippen LogP contribution is 2.36. The molecule has 0 aliphatic rings. The summed E-state index contributed by atoms with van der Waals surface area (Å²) >= 11 is 0. The Kier molecular flexibility index (Phi) is 3.82. The van der Waals surface area contributed by atoms with E-state index in [0.29, 0.717) is 0 Å². The summed E-state index contributed by atoms with van der Waals surface area (Å²) in [6, 6.07) is 24.3. The molecule has 0 saturated carbocycles. The van der Waals surface area contributed by atoms with Crippen molar-refractivity contribution in [3.63, 3.8) is 0 Å². The molecule has 3 aromatic carbocycles. The fraction of sp³-hybridized carbons (Fsp3) is 0.222. The molecule has 0 fully saturated rings. The SMILES string of the molecule is Cc1cccc2c3cc(C(C)(C)C)ccc3n3c(-c4ccccc4)c[n+](C)c3c12. The quantitative estimate of drug-likeness (QED) is 0.237. The average Bonchev–Trinajstić information content (AvgIpc) is 3.05. The van der Waals surface area contributed by atoms with Crippen LogP contribution in [0.3, 0.4) is 0 Å². The van der Waals surface area contributed by atoms with Gasteiger partial charge >= 0.3 is 0 Å². The molecule has 0 unspecified atom stereocenters. The standard InChI is InChI=1S/C27H27N2/c1-18-10-9-13-21-22-16-20(27(2,3)4)14-15-23(22)29-24(19-11-7-6-8-12-19)17-28(5)26(29)25(18)21/h6-17H,1-5H3/q+1. The van der Waals surface area contributed by atoms with Gasteiger partial charge in [0.1, 0.15) is 11.7 Å². The van der Waals surface area contributed by atoms with Gasteiger partial charge in [0, 0.05) is 16.3 Å². The van der Waals surface area contributed by atoms with Gasteiger partial charge in [-0.2, -0.15) is 4.40 Å². The first kappa shape index (κ1) is 17.9. The molecule has 0 bridgehead atoms. The Morgan fingerprint density at radius 3 is 2.31 bits per heavy atom. The number of imidazole rings is 1. The second-order valence-electron chi connectivity index (χ2n) is 9.13. The van der Waals surface area contributed by atoms with Crippen molar-refractivity contribution in [3.05, 3.63) is 84.1 Å². The number of pyridine rings is 1. The summed E-state index contributed by atoms with van der Waals surface area (Å²) in [6.07, 6.45) is 2.26. The van der Waals surface area contributed by atoms with E-state index in [1.807, 2.05) is 0 Å². The zero-order chi connectivity index (χ0) is 20.3. The van der Waals surface area contributed by atoms with Crippen LogP contribution >= 0.6 is 0 Å². The van der Waals surface area contributed by atoms with Crippen LogP contribution in [0.25, 0.3) is 38.6 Å². The Morgan fingerprint density at radius 1 is 0.828 bits per heavy atom. The van der Waals surface area contributed by atoms with Crippen molar-refractivity contribution in [3.8, 4) is 11.3 Å². The molecule has 0 radical (unpaired) electrons. The van der Waals surface area contributed by atoms with Crippen LogP contribution in [-0.4, -0.2) is 4.40 Å². The van der Waals surface area contributed by atoms with Gasteiger partial charge in [-0.05, 0) is 35.6 Å². The van der Waals surface area contributed by atoms with Crippen molar-refractivity contribution < 1.29 is 4.57 Å². The van der Waals surface area contributed by atoms with Crippen LogP contribution in [0.4, 0.5) is 0 Å². The predicted molar refractivity (Wildman–Crippen MR) is 122 cm³/mol. The van der Waals surface area contributed by atoms with Crippen LogP contribution in [0, 0.1) is 6.92 Å². The summed E-state index contributed by atoms with van der Waals surface area (Å²) in [5.74, 6) is 0. The number of aryl methyl sites for hydroxylation is 2. The zero-order valence-corrected chi connectivity index (χ0v) is 17.8. The lowest BCUT2D eigenvalue weighted by molar-refractivity contribution is -0.643. The number of aromatic nitrogens is 2. The molecular weight excluding hydrogens is 352 g/mol. The monoisotopic (exact) mass is 379 g/mol. The molecule has 0 aliphatic heterocycles. The second kappa shape index (κ2) is 6.18. The average molecular weight is 380 g/mol. The molecule has 2 heterocycles. The van der Waals surface area contributed by atoms with Gasteiger partial charge in [-0.3, -0.25) is 0 Å². The number of nitrogens with zero attached hydrogens (tertiary/aromatic N) is 2. The Balaban J connectivity index is 2.06. The summed E-state index contributed by atoms with van der Waals surface area (Å²) in [5, 5.41) is 3.97. The smallest absolute Gasteiger partial charge is 0.232 e. The molecule has 2 heteroatoms. The topological polar surface area (TPSA) is 8.29 Å². The van der Waals surface area contributed by atoms with Crippen LogP contribution in [0.15, 0.2) is 72.9 Å². The van der Waals surface area contributed by atoms with E-state index in [-0.39, 0.29) is 5.41 Å². The van der Waals surface area contributed by atoms with Crippen LogP contribution in [-0.2, 0) is 12.5 Å². The first-order chi connectivity index (χ1) is 13.9. The molecule has 144 valence electrons. The minimum atomic E-state index is 0.114. The first-order valence-corrected chi connectivity index (χ1v) is 10.3. The van der Waals surface area contributed by atoms with Gasteiger partial charge < -0.3 is 0 Å². The minimum Gasteiger partial charge on any atom is -0.232 e. The zero-order valence-electron chi connectivity index (χ0n) is 17.8. The van der Waals surface area contributed by atoms with E-state index in [9.17, 15) is 0 Å². The Labute approximate surface area is 172 Å². The maximum Gasteiger partial charge on any atom is 0.295 e. The highest BCUT2D eigenvalue weighted by atomic mass is 15.1. The van der Waals surface area contributed by atoms with Crippen LogP contribution in [0.5, 0.6) is 0 Å². The molecule has 0 amide bonds. The van der Waals surface area contributed by atoms with Crippen LogP contribution in [0.2, 0.25) is 0 Å². The van der Waals surface area contributed by atoms with Gasteiger partial charge in [0.2, 0.25) is 0 Å². The molecule has 2 nitrogen and oxygen atoms in total. The van der Waals surface area contributed by atoms with Crippen molar-refractivity contribution in [2.75, 3.05) is 0 Å². The van der Waals surface area contributed by atoms with Crippen molar-refractivity contribution >= 4 is 27.3 Å². The molecule has 0 atom stereocenters. The van der Waals surface area contributed by atoms with E-state index in [2.05, 4.69) is 117 Å². The molecular formula is C27H27N2+. The number of hydrogen-bond donors (Lipinski definition) is 0. The number of hydrogen-bond acceptors (Lipinski definition) is 0. The largest absolute Gasteiger partial charge is 0.295 e. The van der Waals surface area contributed by atoms with Gasteiger partial charge in [-0.1, -0.05) is 75.4 Å². The van der Waals surface area contributed by atoms with E-state index in [4.69, 9.17) is 0 Å². The fourth-order valence-corrected chi connectivity index (χ4v) is 4.52. The third-order valence-electron chi connectivity index (χ3n) is 6.06. The predicted octanol–water partition coefficient (Wildman–Crippen LogP) is 6.34. The van der Waals surface area contributed by atoms with Crippen molar-refractivity contribution in [2.24, 2.45) is 7.05 Å². The summed E-state index contributed by atoms with van der Waals surface area (Å²) in [5.41, 5.74) is 7.74. The maximum absolute atomic E-state index is 2.44. The Hall–Kier alpha value is -3.13. The summed E-state index contributed by atoms with van der Waals surface area (Å²) in [7, 11) is 2.16. The Bertz CT molecular complexity index is 1380. The fourth-order valence-electron chi connectivity index (χ4n) is 4.52. The number of fused-ring (bicyclic) bond motifs is 6. The van der Waals surface area contributed by atoms with E-state index in [1.54, 1.807) is 0 Å². The minimum absolute atomic E-state index is 0.114. The normalized spacial score (nSPS) is 12.3. The molecule has 0 aliphatic carbocycles. The lowest BCUT2D eigenvalue weighted by atomic mass is 9.85. The summed E-state index contributed by atoms with van der Waals surface area (Å²) in [4.78, 5) is 0. The van der Waals surface area contributed by atoms with E-state index in [1.165, 1.54) is 49.7 Å². The van der Waals surface area contributed by atoms with Crippen LogP contribution < -0.4 is 4.57 Å². The van der Waals surface area contributed by atoms with Gasteiger partial charge in [-0.25, -0.2) is 4.57 Å². The van der Waals surface area contributed by atoms with Crippen LogP contribution in [0.1, 0.15) is 31.9 Å². The van der Waals surface area contributed by atoms with Gasteiger partial charge in [0.25, 0.3) is 5.65 Å². The summed E-state index contributed by atoms with van der Waals surface area (Å²) < 4.78 is 4.71. The van der Waals surface area contributed by atoms with Crippen molar-refractivity contribution in [1.82, 2.24) is 4.40 Å². The van der Waals surface area contributed by atoms with E-state index < -0.39 is 0 Å². The molecule has 0 N–H and O–H groups in total. The lowest BCUT2D eigenvalue weighted by Gasteiger charge is -2.20. The summed E-state index contributed by atoms with van der Waals surface area (Å²) in [6.45, 7) is 9.07. The number of rotatable bonds is 1. The molecule has 0 saturated heterocycles. The highest BCUT2D eigenvalue weighted by Gasteiger charge is 2.25. The lowest BCUT2D eigenvalue weighted by Crippen LogP contribution is -2.26. The molecule has 5 aromatic rings. The Morgan fingerprint density at radius 2 is 1.59 bits per heavy atom. The van der Waals surface area contributed by atoms with Gasteiger partial charge in [0.15, 0.2) is 5.69 Å². The molecule has 29 heavy (non-hydrogen) atoms.